The Labute approximate surface area is 149 Å². The number of fused-ring (bicyclic) bond motifs is 2. The quantitative estimate of drug-likeness (QED) is 0.623. The van der Waals surface area contributed by atoms with Crippen molar-refractivity contribution < 1.29 is 9.53 Å². The lowest BCUT2D eigenvalue weighted by Crippen LogP contribution is -2.49. The van der Waals surface area contributed by atoms with Gasteiger partial charge in [-0.15, -0.1) is 0 Å². The van der Waals surface area contributed by atoms with E-state index in [0.29, 0.717) is 11.8 Å². The number of rotatable bonds is 3. The first-order valence-electron chi connectivity index (χ1n) is 9.19. The molecule has 0 spiro atoms. The number of ether oxygens (including phenoxy) is 1. The molecule has 3 heteroatoms. The molecule has 0 aliphatic carbocycles. The summed E-state index contributed by atoms with van der Waals surface area (Å²) in [6, 6.07) is 19.0. The van der Waals surface area contributed by atoms with E-state index in [9.17, 15) is 4.79 Å². The Morgan fingerprint density at radius 2 is 1.76 bits per heavy atom. The molecule has 0 saturated carbocycles. The minimum absolute atomic E-state index is 0.0889. The Bertz CT molecular complexity index is 740. The molecular weight excluding hydrogens is 310 g/mol. The molecule has 130 valence electrons. The lowest BCUT2D eigenvalue weighted by atomic mass is 9.76. The topological polar surface area (TPSA) is 29.5 Å². The van der Waals surface area contributed by atoms with Crippen LogP contribution >= 0.6 is 0 Å². The number of benzene rings is 2. The zero-order chi connectivity index (χ0) is 17.4. The van der Waals surface area contributed by atoms with Gasteiger partial charge in [0.15, 0.2) is 0 Å². The second-order valence-corrected chi connectivity index (χ2v) is 7.48. The van der Waals surface area contributed by atoms with Crippen LogP contribution in [0.1, 0.15) is 36.3 Å². The number of piperidine rings is 1. The number of esters is 1. The van der Waals surface area contributed by atoms with Crippen LogP contribution in [0.4, 0.5) is 0 Å². The van der Waals surface area contributed by atoms with Gasteiger partial charge in [-0.2, -0.15) is 0 Å². The molecule has 2 aromatic carbocycles. The number of aryl methyl sites for hydroxylation is 1. The van der Waals surface area contributed by atoms with Gasteiger partial charge < -0.3 is 4.74 Å². The van der Waals surface area contributed by atoms with Crippen LogP contribution in [-0.2, 0) is 4.79 Å². The summed E-state index contributed by atoms with van der Waals surface area (Å²) in [6.07, 6.45) is 3.29. The Balaban J connectivity index is 1.64. The second-order valence-electron chi connectivity index (χ2n) is 7.48. The van der Waals surface area contributed by atoms with Gasteiger partial charge in [0.1, 0.15) is 5.75 Å². The molecule has 4 atom stereocenters. The van der Waals surface area contributed by atoms with Crippen molar-refractivity contribution in [2.45, 2.75) is 44.2 Å². The summed E-state index contributed by atoms with van der Waals surface area (Å²) in [5.74, 6) is 0.684. The third-order valence-electron chi connectivity index (χ3n) is 6.01. The fourth-order valence-corrected chi connectivity index (χ4v) is 4.62. The van der Waals surface area contributed by atoms with E-state index >= 15 is 0 Å². The number of carbonyl (C=O) groups excluding carboxylic acids is 1. The largest absolute Gasteiger partial charge is 0.426 e. The fraction of sp³-hybridized carbons (Fsp3) is 0.409. The lowest BCUT2D eigenvalue weighted by molar-refractivity contribution is -0.143. The molecule has 2 bridgehead atoms. The molecule has 0 radical (unpaired) electrons. The Hall–Kier alpha value is -2.13. The molecule has 2 saturated heterocycles. The van der Waals surface area contributed by atoms with Crippen LogP contribution in [0.2, 0.25) is 0 Å². The van der Waals surface area contributed by atoms with Crippen molar-refractivity contribution >= 4 is 5.97 Å². The number of para-hydroxylation sites is 1. The average Bonchev–Trinajstić information content (AvgIpc) is 2.86. The first kappa shape index (κ1) is 16.3. The van der Waals surface area contributed by atoms with Gasteiger partial charge in [-0.3, -0.25) is 9.69 Å². The number of hydrogen-bond donors (Lipinski definition) is 0. The van der Waals surface area contributed by atoms with E-state index in [1.807, 2.05) is 30.3 Å². The summed E-state index contributed by atoms with van der Waals surface area (Å²) in [6.45, 7) is 2.10. The minimum atomic E-state index is -0.105. The Morgan fingerprint density at radius 1 is 1.04 bits per heavy atom. The smallest absolute Gasteiger partial charge is 0.316 e. The second kappa shape index (κ2) is 6.64. The van der Waals surface area contributed by atoms with Crippen molar-refractivity contribution in [3.8, 4) is 5.75 Å². The van der Waals surface area contributed by atoms with Gasteiger partial charge in [0.05, 0.1) is 5.92 Å². The van der Waals surface area contributed by atoms with Gasteiger partial charge in [-0.25, -0.2) is 0 Å². The first-order valence-corrected chi connectivity index (χ1v) is 9.19. The van der Waals surface area contributed by atoms with Crippen molar-refractivity contribution in [1.29, 1.82) is 0 Å². The van der Waals surface area contributed by atoms with Gasteiger partial charge in [0, 0.05) is 18.0 Å². The molecule has 2 fully saturated rings. The maximum absolute atomic E-state index is 13.1. The fourth-order valence-electron chi connectivity index (χ4n) is 4.62. The number of hydrogen-bond acceptors (Lipinski definition) is 3. The van der Waals surface area contributed by atoms with E-state index in [1.165, 1.54) is 17.5 Å². The zero-order valence-corrected chi connectivity index (χ0v) is 14.9. The van der Waals surface area contributed by atoms with Crippen LogP contribution < -0.4 is 4.74 Å². The van der Waals surface area contributed by atoms with Crippen molar-refractivity contribution in [3.63, 3.8) is 0 Å². The Morgan fingerprint density at radius 3 is 2.48 bits per heavy atom. The molecule has 3 nitrogen and oxygen atoms in total. The standard InChI is InChI=1S/C22H25NO2/c1-15-8-10-16(11-9-15)19-14-17-12-13-20(23(17)2)21(19)22(24)25-18-6-4-3-5-7-18/h3-11,17,19-21H,12-14H2,1-2H3/t17?,19-,20?,21?/m1/s1. The highest BCUT2D eigenvalue weighted by atomic mass is 16.5. The molecule has 25 heavy (non-hydrogen) atoms. The summed E-state index contributed by atoms with van der Waals surface area (Å²) in [5, 5.41) is 0. The maximum atomic E-state index is 13.1. The van der Waals surface area contributed by atoms with E-state index < -0.39 is 0 Å². The van der Waals surface area contributed by atoms with Crippen LogP contribution in [0.25, 0.3) is 0 Å². The molecule has 0 N–H and O–H groups in total. The molecule has 3 unspecified atom stereocenters. The molecular formula is C22H25NO2. The first-order chi connectivity index (χ1) is 12.1. The van der Waals surface area contributed by atoms with Crippen molar-refractivity contribution in [1.82, 2.24) is 4.90 Å². The molecule has 0 amide bonds. The highest BCUT2D eigenvalue weighted by Crippen LogP contribution is 2.46. The monoisotopic (exact) mass is 335 g/mol. The van der Waals surface area contributed by atoms with Crippen molar-refractivity contribution in [2.24, 2.45) is 5.92 Å². The summed E-state index contributed by atoms with van der Waals surface area (Å²) >= 11 is 0. The van der Waals surface area contributed by atoms with Crippen molar-refractivity contribution in [2.75, 3.05) is 7.05 Å². The normalized spacial score (nSPS) is 28.7. The third-order valence-corrected chi connectivity index (χ3v) is 6.01. The van der Waals surface area contributed by atoms with Crippen LogP contribution in [0.15, 0.2) is 54.6 Å². The maximum Gasteiger partial charge on any atom is 0.316 e. The minimum Gasteiger partial charge on any atom is -0.426 e. The van der Waals surface area contributed by atoms with Crippen LogP contribution in [0.3, 0.4) is 0 Å². The molecule has 2 aliphatic rings. The zero-order valence-electron chi connectivity index (χ0n) is 14.9. The average molecular weight is 335 g/mol. The van der Waals surface area contributed by atoms with E-state index in [1.54, 1.807) is 0 Å². The van der Waals surface area contributed by atoms with Crippen molar-refractivity contribution in [3.05, 3.63) is 65.7 Å². The van der Waals surface area contributed by atoms with E-state index in [-0.39, 0.29) is 23.8 Å². The SMILES string of the molecule is Cc1ccc([C@H]2CC3CCC(C2C(=O)Oc2ccccc2)N3C)cc1. The highest BCUT2D eigenvalue weighted by molar-refractivity contribution is 5.77. The van der Waals surface area contributed by atoms with Gasteiger partial charge in [-0.1, -0.05) is 48.0 Å². The number of nitrogens with zero attached hydrogens (tertiary/aromatic N) is 1. The van der Waals surface area contributed by atoms with Gasteiger partial charge >= 0.3 is 5.97 Å². The summed E-state index contributed by atoms with van der Waals surface area (Å²) in [5.41, 5.74) is 2.52. The van der Waals surface area contributed by atoms with E-state index in [4.69, 9.17) is 4.74 Å². The molecule has 2 heterocycles. The lowest BCUT2D eigenvalue weighted by Gasteiger charge is -2.41. The highest BCUT2D eigenvalue weighted by Gasteiger charge is 2.49. The van der Waals surface area contributed by atoms with Crippen LogP contribution in [0.5, 0.6) is 5.75 Å². The van der Waals surface area contributed by atoms with Crippen LogP contribution in [0, 0.1) is 12.8 Å². The summed E-state index contributed by atoms with van der Waals surface area (Å²) in [7, 11) is 2.16. The Kier molecular flexibility index (Phi) is 4.34. The molecule has 2 aromatic rings. The predicted molar refractivity (Wildman–Crippen MR) is 98.7 cm³/mol. The molecule has 4 rings (SSSR count). The van der Waals surface area contributed by atoms with Crippen LogP contribution in [-0.4, -0.2) is 30.0 Å². The predicted octanol–water partition coefficient (Wildman–Crippen LogP) is 4.17. The third kappa shape index (κ3) is 3.09. The van der Waals surface area contributed by atoms with E-state index in [2.05, 4.69) is 43.1 Å². The van der Waals surface area contributed by atoms with Gasteiger partial charge in [0.25, 0.3) is 0 Å². The molecule has 0 aromatic heterocycles. The summed E-state index contributed by atoms with van der Waals surface area (Å²) < 4.78 is 5.76. The molecule has 2 aliphatic heterocycles. The van der Waals surface area contributed by atoms with Gasteiger partial charge in [-0.05, 0) is 50.9 Å². The summed E-state index contributed by atoms with van der Waals surface area (Å²) in [4.78, 5) is 15.5. The van der Waals surface area contributed by atoms with E-state index in [0.717, 1.165) is 12.8 Å². The number of carbonyl (C=O) groups is 1. The van der Waals surface area contributed by atoms with Gasteiger partial charge in [0.2, 0.25) is 0 Å².